The molecule has 0 radical (unpaired) electrons. The highest BCUT2D eigenvalue weighted by atomic mass is 16.4. The molecule has 0 amide bonds. The van der Waals surface area contributed by atoms with Crippen LogP contribution in [-0.2, 0) is 4.79 Å². The van der Waals surface area contributed by atoms with E-state index in [4.69, 9.17) is 10.8 Å². The first-order valence-corrected chi connectivity index (χ1v) is 5.73. The van der Waals surface area contributed by atoms with Gasteiger partial charge in [-0.3, -0.25) is 0 Å². The summed E-state index contributed by atoms with van der Waals surface area (Å²) < 4.78 is 0. The lowest BCUT2D eigenvalue weighted by Crippen LogP contribution is -2.54. The minimum Gasteiger partial charge on any atom is -0.478 e. The first kappa shape index (κ1) is 12.4. The van der Waals surface area contributed by atoms with Crippen molar-refractivity contribution >= 4 is 11.7 Å². The smallest absolute Gasteiger partial charge is 0.335 e. The van der Waals surface area contributed by atoms with E-state index in [0.717, 1.165) is 5.69 Å². The number of nitrogens with two attached hydrogens (primary N) is 1. The third-order valence-electron chi connectivity index (χ3n) is 3.16. The van der Waals surface area contributed by atoms with Gasteiger partial charge in [0.05, 0.1) is 5.57 Å². The highest BCUT2D eigenvalue weighted by Crippen LogP contribution is 2.27. The van der Waals surface area contributed by atoms with Gasteiger partial charge in [0.1, 0.15) is 5.66 Å². The van der Waals surface area contributed by atoms with Crippen molar-refractivity contribution in [3.05, 3.63) is 54.1 Å². The van der Waals surface area contributed by atoms with Crippen molar-refractivity contribution in [2.24, 2.45) is 5.73 Å². The molecule has 1 aromatic rings. The third-order valence-corrected chi connectivity index (χ3v) is 3.16. The molecule has 0 saturated heterocycles. The van der Waals surface area contributed by atoms with Crippen molar-refractivity contribution in [1.82, 2.24) is 0 Å². The number of carboxylic acids is 1. The quantitative estimate of drug-likeness (QED) is 0.795. The summed E-state index contributed by atoms with van der Waals surface area (Å²) in [6, 6.07) is 9.67. The Labute approximate surface area is 106 Å². The van der Waals surface area contributed by atoms with E-state index in [9.17, 15) is 4.79 Å². The highest BCUT2D eigenvalue weighted by molar-refractivity contribution is 5.90. The molecule has 1 aliphatic rings. The average molecular weight is 244 g/mol. The van der Waals surface area contributed by atoms with Crippen LogP contribution in [-0.4, -0.2) is 23.8 Å². The molecule has 0 heterocycles. The number of carboxylic acid groups (broad SMARTS) is 1. The van der Waals surface area contributed by atoms with Crippen LogP contribution in [0.3, 0.4) is 0 Å². The van der Waals surface area contributed by atoms with Gasteiger partial charge < -0.3 is 15.7 Å². The zero-order valence-electron chi connectivity index (χ0n) is 10.2. The predicted octanol–water partition coefficient (Wildman–Crippen LogP) is 1.75. The largest absolute Gasteiger partial charge is 0.478 e. The molecule has 1 aliphatic carbocycles. The lowest BCUT2D eigenvalue weighted by molar-refractivity contribution is -0.132. The molecule has 1 unspecified atom stereocenters. The maximum Gasteiger partial charge on any atom is 0.335 e. The van der Waals surface area contributed by atoms with E-state index in [1.54, 1.807) is 18.2 Å². The first-order valence-electron chi connectivity index (χ1n) is 5.73. The minimum absolute atomic E-state index is 0.228. The second kappa shape index (κ2) is 4.66. The molecule has 0 spiro atoms. The van der Waals surface area contributed by atoms with Gasteiger partial charge in [-0.05, 0) is 18.2 Å². The number of rotatable bonds is 3. The zero-order valence-corrected chi connectivity index (χ0v) is 10.2. The number of para-hydroxylation sites is 1. The number of anilines is 1. The molecule has 1 aromatic carbocycles. The molecule has 94 valence electrons. The average Bonchev–Trinajstić information content (AvgIpc) is 2.39. The standard InChI is InChI=1S/C14H16N2O2/c1-16(12-7-3-2-4-8-12)14(15)9-5-6-11(10-14)13(17)18/h2-8,10H,9,15H2,1H3,(H,17,18). The topological polar surface area (TPSA) is 66.6 Å². The van der Waals surface area contributed by atoms with E-state index >= 15 is 0 Å². The molecule has 0 saturated carbocycles. The summed E-state index contributed by atoms with van der Waals surface area (Å²) in [4.78, 5) is 12.9. The number of aliphatic carboxylic acids is 1. The third kappa shape index (κ3) is 2.28. The second-order valence-corrected chi connectivity index (χ2v) is 4.40. The monoisotopic (exact) mass is 244 g/mol. The Morgan fingerprint density at radius 2 is 2.06 bits per heavy atom. The maximum atomic E-state index is 11.0. The minimum atomic E-state index is -0.956. The van der Waals surface area contributed by atoms with E-state index in [-0.39, 0.29) is 5.57 Å². The molecule has 0 fully saturated rings. The van der Waals surface area contributed by atoms with Gasteiger partial charge in [-0.1, -0.05) is 30.4 Å². The molecule has 4 nitrogen and oxygen atoms in total. The fourth-order valence-electron chi connectivity index (χ4n) is 2.01. The van der Waals surface area contributed by atoms with Gasteiger partial charge in [0.15, 0.2) is 0 Å². The molecule has 0 aliphatic heterocycles. The molecule has 0 bridgehead atoms. The number of likely N-dealkylation sites (N-methyl/N-ethyl adjacent to an activating group) is 1. The number of benzene rings is 1. The van der Waals surface area contributed by atoms with Gasteiger partial charge in [0, 0.05) is 19.2 Å². The van der Waals surface area contributed by atoms with Crippen LogP contribution in [0.25, 0.3) is 0 Å². The van der Waals surface area contributed by atoms with Gasteiger partial charge in [-0.15, -0.1) is 0 Å². The van der Waals surface area contributed by atoms with Crippen LogP contribution in [0, 0.1) is 0 Å². The fourth-order valence-corrected chi connectivity index (χ4v) is 2.01. The van der Waals surface area contributed by atoms with E-state index in [1.165, 1.54) is 0 Å². The van der Waals surface area contributed by atoms with Gasteiger partial charge in [-0.25, -0.2) is 4.79 Å². The molecule has 3 N–H and O–H groups in total. The van der Waals surface area contributed by atoms with Crippen LogP contribution in [0.5, 0.6) is 0 Å². The first-order chi connectivity index (χ1) is 8.53. The summed E-state index contributed by atoms with van der Waals surface area (Å²) in [6.45, 7) is 0. The van der Waals surface area contributed by atoms with Crippen molar-refractivity contribution in [1.29, 1.82) is 0 Å². The second-order valence-electron chi connectivity index (χ2n) is 4.40. The van der Waals surface area contributed by atoms with Crippen molar-refractivity contribution < 1.29 is 9.90 Å². The Balaban J connectivity index is 2.32. The number of hydrogen-bond donors (Lipinski definition) is 2. The van der Waals surface area contributed by atoms with Crippen molar-refractivity contribution in [3.8, 4) is 0 Å². The van der Waals surface area contributed by atoms with E-state index < -0.39 is 11.6 Å². The molecule has 0 aromatic heterocycles. The van der Waals surface area contributed by atoms with Crippen molar-refractivity contribution in [2.75, 3.05) is 11.9 Å². The van der Waals surface area contributed by atoms with E-state index in [2.05, 4.69) is 0 Å². The summed E-state index contributed by atoms with van der Waals surface area (Å²) in [5, 5.41) is 9.03. The molecule has 18 heavy (non-hydrogen) atoms. The summed E-state index contributed by atoms with van der Waals surface area (Å²) in [5.74, 6) is -0.956. The van der Waals surface area contributed by atoms with Gasteiger partial charge in [-0.2, -0.15) is 0 Å². The van der Waals surface area contributed by atoms with Gasteiger partial charge in [0.2, 0.25) is 0 Å². The molecular weight excluding hydrogens is 228 g/mol. The summed E-state index contributed by atoms with van der Waals surface area (Å²) in [5.41, 5.74) is 6.68. The predicted molar refractivity (Wildman–Crippen MR) is 71.2 cm³/mol. The Kier molecular flexibility index (Phi) is 3.21. The van der Waals surface area contributed by atoms with Crippen LogP contribution in [0.15, 0.2) is 54.1 Å². The summed E-state index contributed by atoms with van der Waals surface area (Å²) >= 11 is 0. The zero-order chi connectivity index (χ0) is 13.2. The molecule has 2 rings (SSSR count). The van der Waals surface area contributed by atoms with Crippen molar-refractivity contribution in [2.45, 2.75) is 12.1 Å². The fraction of sp³-hybridized carbons (Fsp3) is 0.214. The lowest BCUT2D eigenvalue weighted by Gasteiger charge is -2.39. The lowest BCUT2D eigenvalue weighted by atomic mass is 9.95. The number of nitrogens with zero attached hydrogens (tertiary/aromatic N) is 1. The van der Waals surface area contributed by atoms with Crippen LogP contribution < -0.4 is 10.6 Å². The van der Waals surface area contributed by atoms with E-state index in [0.29, 0.717) is 6.42 Å². The SMILES string of the molecule is CN(c1ccccc1)C1(N)C=C(C(=O)O)C=CC1. The summed E-state index contributed by atoms with van der Waals surface area (Å²) in [7, 11) is 1.87. The number of carbonyl (C=O) groups is 1. The van der Waals surface area contributed by atoms with Crippen LogP contribution in [0.2, 0.25) is 0 Å². The maximum absolute atomic E-state index is 11.0. The molecule has 4 heteroatoms. The Hall–Kier alpha value is -2.07. The van der Waals surface area contributed by atoms with Crippen LogP contribution >= 0.6 is 0 Å². The number of hydrogen-bond acceptors (Lipinski definition) is 3. The van der Waals surface area contributed by atoms with Crippen LogP contribution in [0.1, 0.15) is 6.42 Å². The summed E-state index contributed by atoms with van der Waals surface area (Å²) in [6.07, 6.45) is 5.56. The van der Waals surface area contributed by atoms with Gasteiger partial charge in [0.25, 0.3) is 0 Å². The Morgan fingerprint density at radius 3 is 2.67 bits per heavy atom. The highest BCUT2D eigenvalue weighted by Gasteiger charge is 2.30. The van der Waals surface area contributed by atoms with Crippen LogP contribution in [0.4, 0.5) is 5.69 Å². The van der Waals surface area contributed by atoms with Gasteiger partial charge >= 0.3 is 5.97 Å². The molecule has 1 atom stereocenters. The normalized spacial score (nSPS) is 22.4. The van der Waals surface area contributed by atoms with E-state index in [1.807, 2.05) is 42.3 Å². The molecular formula is C14H16N2O2. The Morgan fingerprint density at radius 1 is 1.39 bits per heavy atom. The Bertz CT molecular complexity index is 508. The van der Waals surface area contributed by atoms with Crippen molar-refractivity contribution in [3.63, 3.8) is 0 Å².